The second-order valence-corrected chi connectivity index (χ2v) is 20.4. The van der Waals surface area contributed by atoms with E-state index in [1.54, 1.807) is 0 Å². The fourth-order valence-corrected chi connectivity index (χ4v) is 8.54. The van der Waals surface area contributed by atoms with E-state index < -0.39 is 0 Å². The number of aromatic nitrogens is 2. The van der Waals surface area contributed by atoms with Gasteiger partial charge in [0, 0.05) is 61.3 Å². The van der Waals surface area contributed by atoms with E-state index in [1.165, 1.54) is 22.3 Å². The summed E-state index contributed by atoms with van der Waals surface area (Å²) in [5.74, 6) is 2.07. The van der Waals surface area contributed by atoms with Crippen molar-refractivity contribution in [1.82, 2.24) is 9.55 Å². The quantitative estimate of drug-likeness (QED) is 0.149. The summed E-state index contributed by atoms with van der Waals surface area (Å²) in [6, 6.07) is 55.3. The Labute approximate surface area is 389 Å². The summed E-state index contributed by atoms with van der Waals surface area (Å²) in [6.07, 6.45) is 1.91. The summed E-state index contributed by atoms with van der Waals surface area (Å²) < 4.78 is 9.14. The van der Waals surface area contributed by atoms with Crippen molar-refractivity contribution in [3.05, 3.63) is 186 Å². The molecule has 9 rings (SSSR count). The summed E-state index contributed by atoms with van der Waals surface area (Å²) in [5.41, 5.74) is 12.0. The predicted octanol–water partition coefficient (Wildman–Crippen LogP) is 15.2. The topological polar surface area (TPSA) is 33.5 Å². The van der Waals surface area contributed by atoms with Gasteiger partial charge in [0.1, 0.15) is 5.82 Å². The summed E-state index contributed by atoms with van der Waals surface area (Å²) in [5, 5.41) is 2.23. The monoisotopic (exact) mass is 1010 g/mol. The van der Waals surface area contributed by atoms with Crippen molar-refractivity contribution >= 4 is 44.6 Å². The SMILES string of the molecule is CC(C)(C)c1ccc(N2[CH-]N(c3[c-]c(Oc4[c-]c5c(cc4)c4ccccc4n5-c4cc(C(C)(C)C)ccn4)cc(C(C)(C)c4ccccc4)c3)c3ccc(C(C)(C)C)cc32)cc1.[Pt]. The molecule has 0 bridgehead atoms. The van der Waals surface area contributed by atoms with E-state index in [4.69, 9.17) is 9.72 Å². The Morgan fingerprint density at radius 1 is 0.508 bits per heavy atom. The Bertz CT molecular complexity index is 2940. The fourth-order valence-electron chi connectivity index (χ4n) is 8.54. The molecule has 1 aliphatic heterocycles. The van der Waals surface area contributed by atoms with Crippen LogP contribution in [-0.2, 0) is 42.7 Å². The first-order valence-corrected chi connectivity index (χ1v) is 21.8. The number of benzene rings is 6. The number of ether oxygens (including phenoxy) is 1. The van der Waals surface area contributed by atoms with Crippen molar-refractivity contribution in [2.24, 2.45) is 0 Å². The first-order chi connectivity index (χ1) is 29.4. The zero-order valence-corrected chi connectivity index (χ0v) is 40.6. The maximum absolute atomic E-state index is 6.93. The van der Waals surface area contributed by atoms with E-state index in [0.717, 1.165) is 55.9 Å². The standard InChI is InChI=1S/C57H57N4O.Pt/c1-54(2,3)38-21-24-43(25-22-38)59-37-60(50-28-23-40(33-52(50)59)55(4,5)6)44-31-42(57(10,11)39-17-13-12-14-18-39)32-46(35-44)62-45-26-27-48-47-19-15-16-20-49(47)61(51(48)36-45)53-34-41(29-30-58-53)56(7,8)9;/h12-34,37H,1-11H3;/q-3;. The summed E-state index contributed by atoms with van der Waals surface area (Å²) in [7, 11) is 0. The molecule has 0 spiro atoms. The largest absolute Gasteiger partial charge is 0.509 e. The Morgan fingerprint density at radius 2 is 1.16 bits per heavy atom. The van der Waals surface area contributed by atoms with Crippen LogP contribution in [0.25, 0.3) is 27.6 Å². The van der Waals surface area contributed by atoms with Crippen LogP contribution >= 0.6 is 0 Å². The summed E-state index contributed by atoms with van der Waals surface area (Å²) in [6.45, 7) is 27.0. The van der Waals surface area contributed by atoms with Gasteiger partial charge in [0.05, 0.1) is 0 Å². The molecule has 6 heteroatoms. The minimum atomic E-state index is -0.353. The molecule has 0 saturated heterocycles. The number of nitrogens with zero attached hydrogens (tertiary/aromatic N) is 4. The van der Waals surface area contributed by atoms with Gasteiger partial charge in [-0.25, -0.2) is 4.98 Å². The second-order valence-electron chi connectivity index (χ2n) is 20.4. The van der Waals surface area contributed by atoms with E-state index in [2.05, 4.69) is 237 Å². The molecule has 6 aromatic carbocycles. The van der Waals surface area contributed by atoms with Crippen LogP contribution in [0.4, 0.5) is 22.7 Å². The minimum Gasteiger partial charge on any atom is -0.509 e. The molecule has 0 fully saturated rings. The molecular weight excluding hydrogens is 952 g/mol. The molecule has 1 aliphatic rings. The molecule has 8 aromatic rings. The van der Waals surface area contributed by atoms with Crippen LogP contribution in [0.1, 0.15) is 104 Å². The molecule has 0 amide bonds. The van der Waals surface area contributed by atoms with Crippen molar-refractivity contribution in [2.45, 2.75) is 97.8 Å². The van der Waals surface area contributed by atoms with E-state index >= 15 is 0 Å². The number of para-hydroxylation sites is 1. The van der Waals surface area contributed by atoms with Crippen molar-refractivity contribution in [2.75, 3.05) is 9.80 Å². The maximum Gasteiger partial charge on any atom is 0.135 e. The smallest absolute Gasteiger partial charge is 0.135 e. The van der Waals surface area contributed by atoms with Gasteiger partial charge in [0.2, 0.25) is 0 Å². The van der Waals surface area contributed by atoms with Crippen LogP contribution in [0.3, 0.4) is 0 Å². The molecule has 0 aliphatic carbocycles. The van der Waals surface area contributed by atoms with Gasteiger partial charge < -0.3 is 19.1 Å². The van der Waals surface area contributed by atoms with Gasteiger partial charge in [0.15, 0.2) is 0 Å². The Hall–Kier alpha value is -5.64. The summed E-state index contributed by atoms with van der Waals surface area (Å²) in [4.78, 5) is 9.46. The van der Waals surface area contributed by atoms with Gasteiger partial charge >= 0.3 is 0 Å². The second kappa shape index (κ2) is 16.2. The average molecular weight is 1010 g/mol. The Balaban J connectivity index is 0.00000544. The third-order valence-corrected chi connectivity index (χ3v) is 12.5. The number of fused-ring (bicyclic) bond motifs is 4. The molecule has 324 valence electrons. The first-order valence-electron chi connectivity index (χ1n) is 21.8. The molecule has 5 nitrogen and oxygen atoms in total. The first kappa shape index (κ1) is 44.0. The third kappa shape index (κ3) is 8.33. The normalized spacial score (nSPS) is 13.4. The molecule has 0 unspecified atom stereocenters. The number of hydrogen-bond donors (Lipinski definition) is 0. The Kier molecular flexibility index (Phi) is 11.3. The van der Waals surface area contributed by atoms with Crippen LogP contribution in [0.2, 0.25) is 0 Å². The molecule has 2 aromatic heterocycles. The Morgan fingerprint density at radius 3 is 1.86 bits per heavy atom. The van der Waals surface area contributed by atoms with Gasteiger partial charge in [-0.2, -0.15) is 6.07 Å². The van der Waals surface area contributed by atoms with E-state index in [0.29, 0.717) is 11.5 Å². The van der Waals surface area contributed by atoms with Crippen molar-refractivity contribution in [1.29, 1.82) is 0 Å². The van der Waals surface area contributed by atoms with Gasteiger partial charge in [-0.3, -0.25) is 0 Å². The molecule has 0 radical (unpaired) electrons. The zero-order valence-electron chi connectivity index (χ0n) is 38.4. The molecule has 63 heavy (non-hydrogen) atoms. The van der Waals surface area contributed by atoms with Crippen LogP contribution < -0.4 is 14.5 Å². The van der Waals surface area contributed by atoms with Crippen molar-refractivity contribution < 1.29 is 25.8 Å². The maximum atomic E-state index is 6.93. The number of rotatable bonds is 7. The average Bonchev–Trinajstić information content (AvgIpc) is 3.79. The van der Waals surface area contributed by atoms with Gasteiger partial charge in [0.25, 0.3) is 0 Å². The number of anilines is 4. The molecule has 0 atom stereocenters. The molecule has 0 N–H and O–H groups in total. The van der Waals surface area contributed by atoms with Crippen LogP contribution in [0, 0.1) is 18.8 Å². The van der Waals surface area contributed by atoms with Crippen LogP contribution in [0.5, 0.6) is 11.5 Å². The minimum absolute atomic E-state index is 0. The zero-order chi connectivity index (χ0) is 43.8. The summed E-state index contributed by atoms with van der Waals surface area (Å²) >= 11 is 0. The van der Waals surface area contributed by atoms with Crippen molar-refractivity contribution in [3.63, 3.8) is 0 Å². The molecular formula is C57H57N4OPt-3. The van der Waals surface area contributed by atoms with Gasteiger partial charge in [-0.1, -0.05) is 148 Å². The van der Waals surface area contributed by atoms with E-state index in [9.17, 15) is 0 Å². The molecule has 0 saturated carbocycles. The fraction of sp³-hybridized carbons (Fsp3) is 0.263. The predicted molar refractivity (Wildman–Crippen MR) is 259 cm³/mol. The van der Waals surface area contributed by atoms with Crippen molar-refractivity contribution in [3.8, 4) is 17.3 Å². The third-order valence-electron chi connectivity index (χ3n) is 12.5. The van der Waals surface area contributed by atoms with Gasteiger partial charge in [-0.05, 0) is 91.8 Å². The van der Waals surface area contributed by atoms with Gasteiger partial charge in [-0.15, -0.1) is 53.6 Å². The van der Waals surface area contributed by atoms with Crippen LogP contribution in [0.15, 0.2) is 140 Å². The number of hydrogen-bond acceptors (Lipinski definition) is 4. The molecule has 3 heterocycles. The van der Waals surface area contributed by atoms with E-state index in [1.807, 2.05) is 12.3 Å². The van der Waals surface area contributed by atoms with Crippen LogP contribution in [-0.4, -0.2) is 9.55 Å². The van der Waals surface area contributed by atoms with E-state index in [-0.39, 0.29) is 42.7 Å². The number of pyridine rings is 1.